The van der Waals surface area contributed by atoms with Gasteiger partial charge in [0.25, 0.3) is 0 Å². The molecule has 1 aromatic heterocycles. The van der Waals surface area contributed by atoms with Crippen LogP contribution in [0.5, 0.6) is 5.88 Å². The van der Waals surface area contributed by atoms with Crippen LogP contribution in [0.2, 0.25) is 0 Å². The second kappa shape index (κ2) is 9.00. The third-order valence-corrected chi connectivity index (χ3v) is 4.55. The number of carbonyl (C=O) groups is 1. The van der Waals surface area contributed by atoms with Crippen LogP contribution in [0.3, 0.4) is 0 Å². The second-order valence-corrected chi connectivity index (χ2v) is 6.57. The molecule has 0 atom stereocenters. The first-order valence-electron chi connectivity index (χ1n) is 7.76. The summed E-state index contributed by atoms with van der Waals surface area (Å²) in [5.74, 6) is -5.31. The van der Waals surface area contributed by atoms with E-state index in [-0.39, 0.29) is 23.1 Å². The smallest absolute Gasteiger partial charge is 0.360 e. The molecule has 1 heterocycles. The van der Waals surface area contributed by atoms with E-state index >= 15 is 0 Å². The minimum Gasteiger partial charge on any atom is -0.472 e. The Morgan fingerprint density at radius 1 is 1.29 bits per heavy atom. The van der Waals surface area contributed by atoms with Crippen molar-refractivity contribution < 1.29 is 36.7 Å². The lowest BCUT2D eigenvalue weighted by Crippen LogP contribution is -2.23. The largest absolute Gasteiger partial charge is 0.472 e. The molecule has 0 bridgehead atoms. The summed E-state index contributed by atoms with van der Waals surface area (Å²) in [4.78, 5) is 20.3. The van der Waals surface area contributed by atoms with Gasteiger partial charge in [-0.15, -0.1) is 11.3 Å². The summed E-state index contributed by atoms with van der Waals surface area (Å²) < 4.78 is 62.1. The normalized spacial score (nSPS) is 12.2. The highest BCUT2D eigenvalue weighted by atomic mass is 32.1. The number of ether oxygens (including phenoxy) is 2. The van der Waals surface area contributed by atoms with Crippen LogP contribution < -0.4 is 4.74 Å². The van der Waals surface area contributed by atoms with Gasteiger partial charge in [-0.05, 0) is 12.5 Å². The van der Waals surface area contributed by atoms with Gasteiger partial charge in [-0.1, -0.05) is 29.4 Å². The highest BCUT2D eigenvalue weighted by molar-refractivity contribution is 7.12. The molecule has 2 rings (SSSR count). The van der Waals surface area contributed by atoms with Crippen LogP contribution in [0.1, 0.15) is 21.0 Å². The molecule has 0 fully saturated rings. The molecule has 0 aliphatic carbocycles. The highest BCUT2D eigenvalue weighted by Crippen LogP contribution is 2.39. The summed E-state index contributed by atoms with van der Waals surface area (Å²) in [6.07, 6.45) is -3.88. The Bertz CT molecular complexity index is 871. The molecule has 28 heavy (non-hydrogen) atoms. The molecule has 1 aromatic carbocycles. The lowest BCUT2D eigenvalue weighted by molar-refractivity contribution is -0.135. The van der Waals surface area contributed by atoms with E-state index in [1.165, 1.54) is 21.1 Å². The number of nitrogens with zero attached hydrogens (tertiary/aromatic N) is 2. The number of thiazole rings is 1. The van der Waals surface area contributed by atoms with Crippen molar-refractivity contribution in [3.8, 4) is 5.88 Å². The van der Waals surface area contributed by atoms with Crippen molar-refractivity contribution in [2.75, 3.05) is 14.2 Å². The van der Waals surface area contributed by atoms with Crippen molar-refractivity contribution in [3.05, 3.63) is 45.3 Å². The van der Waals surface area contributed by atoms with Gasteiger partial charge in [0.1, 0.15) is 13.7 Å². The second-order valence-electron chi connectivity index (χ2n) is 5.36. The number of carbonyl (C=O) groups excluding carboxylic acids is 1. The van der Waals surface area contributed by atoms with Crippen LogP contribution in [0.15, 0.2) is 29.4 Å². The molecule has 152 valence electrons. The number of halogens is 4. The van der Waals surface area contributed by atoms with Crippen LogP contribution in [-0.2, 0) is 26.9 Å². The SMILES string of the molecule is CON=C(C(=O)OC)c1ccccc1COc1nc(C(F)(F)C(F)F)sc1C. The van der Waals surface area contributed by atoms with Crippen LogP contribution in [-0.4, -0.2) is 37.3 Å². The van der Waals surface area contributed by atoms with Crippen molar-refractivity contribution in [2.45, 2.75) is 25.9 Å². The number of aromatic nitrogens is 1. The topological polar surface area (TPSA) is 70.0 Å². The number of hydrogen-bond acceptors (Lipinski definition) is 7. The minimum atomic E-state index is -4.36. The van der Waals surface area contributed by atoms with Crippen LogP contribution >= 0.6 is 11.3 Å². The van der Waals surface area contributed by atoms with E-state index in [1.807, 2.05) is 0 Å². The zero-order chi connectivity index (χ0) is 20.9. The van der Waals surface area contributed by atoms with Gasteiger partial charge in [0.15, 0.2) is 10.7 Å². The first kappa shape index (κ1) is 21.6. The van der Waals surface area contributed by atoms with E-state index in [0.29, 0.717) is 22.5 Å². The lowest BCUT2D eigenvalue weighted by atomic mass is 10.0. The number of aryl methyl sites for hydroxylation is 1. The fraction of sp³-hybridized carbons (Fsp3) is 0.353. The molecule has 6 nitrogen and oxygen atoms in total. The van der Waals surface area contributed by atoms with Crippen LogP contribution in [0.4, 0.5) is 17.6 Å². The van der Waals surface area contributed by atoms with Gasteiger partial charge in [0.2, 0.25) is 5.88 Å². The van der Waals surface area contributed by atoms with E-state index in [2.05, 4.69) is 19.7 Å². The fourth-order valence-corrected chi connectivity index (χ4v) is 3.00. The number of oxime groups is 1. The Balaban J connectivity index is 2.29. The summed E-state index contributed by atoms with van der Waals surface area (Å²) in [7, 11) is 2.43. The molecule has 2 aromatic rings. The number of alkyl halides is 4. The molecular weight excluding hydrogens is 404 g/mol. The maximum Gasteiger partial charge on any atom is 0.360 e. The molecule has 0 spiro atoms. The standard InChI is InChI=1S/C17H16F4N2O4S/c1-9-13(22-16(28-9)17(20,21)15(18)19)27-8-10-6-4-5-7-11(10)12(23-26-3)14(24)25-2/h4-7,15H,8H2,1-3H3. The van der Waals surface area contributed by atoms with E-state index < -0.39 is 23.3 Å². The number of rotatable bonds is 8. The summed E-state index contributed by atoms with van der Waals surface area (Å²) in [6, 6.07) is 6.48. The van der Waals surface area contributed by atoms with Gasteiger partial charge in [0.05, 0.1) is 12.0 Å². The number of esters is 1. The average Bonchev–Trinajstić information content (AvgIpc) is 3.05. The number of benzene rings is 1. The Hall–Kier alpha value is -2.69. The number of methoxy groups -OCH3 is 1. The summed E-state index contributed by atoms with van der Waals surface area (Å²) in [6.45, 7) is 1.25. The highest BCUT2D eigenvalue weighted by Gasteiger charge is 2.46. The molecule has 0 aliphatic rings. The predicted molar refractivity (Wildman–Crippen MR) is 93.1 cm³/mol. The van der Waals surface area contributed by atoms with Gasteiger partial charge in [-0.25, -0.2) is 13.6 Å². The Morgan fingerprint density at radius 3 is 2.57 bits per heavy atom. The maximum absolute atomic E-state index is 13.5. The van der Waals surface area contributed by atoms with Crippen molar-refractivity contribution in [1.29, 1.82) is 0 Å². The van der Waals surface area contributed by atoms with Gasteiger partial charge in [0, 0.05) is 5.56 Å². The Labute approximate surface area is 161 Å². The molecule has 0 aliphatic heterocycles. The third kappa shape index (κ3) is 4.58. The zero-order valence-corrected chi connectivity index (χ0v) is 15.9. The third-order valence-electron chi connectivity index (χ3n) is 3.51. The maximum atomic E-state index is 13.5. The molecule has 0 saturated heterocycles. The molecular formula is C17H16F4N2O4S. The van der Waals surface area contributed by atoms with Gasteiger partial charge in [-0.3, -0.25) is 0 Å². The van der Waals surface area contributed by atoms with Crippen LogP contribution in [0, 0.1) is 6.92 Å². The average molecular weight is 420 g/mol. The molecule has 0 saturated carbocycles. The first-order chi connectivity index (χ1) is 13.2. The van der Waals surface area contributed by atoms with Crippen molar-refractivity contribution >= 4 is 23.0 Å². The van der Waals surface area contributed by atoms with Crippen LogP contribution in [0.25, 0.3) is 0 Å². The summed E-state index contributed by atoms with van der Waals surface area (Å²) >= 11 is 0.428. The Kier molecular flexibility index (Phi) is 6.95. The minimum absolute atomic E-state index is 0.121. The zero-order valence-electron chi connectivity index (χ0n) is 15.0. The van der Waals surface area contributed by atoms with E-state index in [1.54, 1.807) is 24.3 Å². The lowest BCUT2D eigenvalue weighted by Gasteiger charge is -2.12. The van der Waals surface area contributed by atoms with Crippen molar-refractivity contribution in [1.82, 2.24) is 4.98 Å². The van der Waals surface area contributed by atoms with Crippen molar-refractivity contribution in [2.24, 2.45) is 5.16 Å². The van der Waals surface area contributed by atoms with Gasteiger partial charge in [-0.2, -0.15) is 13.8 Å². The quantitative estimate of drug-likeness (QED) is 0.280. The predicted octanol–water partition coefficient (Wildman–Crippen LogP) is 3.91. The van der Waals surface area contributed by atoms with Crippen molar-refractivity contribution in [3.63, 3.8) is 0 Å². The summed E-state index contributed by atoms with van der Waals surface area (Å²) in [5, 5.41) is 2.62. The Morgan fingerprint density at radius 2 is 1.96 bits per heavy atom. The van der Waals surface area contributed by atoms with E-state index in [0.717, 1.165) is 0 Å². The fourth-order valence-electron chi connectivity index (χ4n) is 2.16. The molecule has 11 heteroatoms. The van der Waals surface area contributed by atoms with Gasteiger partial charge >= 0.3 is 18.3 Å². The van der Waals surface area contributed by atoms with Gasteiger partial charge < -0.3 is 14.3 Å². The first-order valence-corrected chi connectivity index (χ1v) is 8.58. The summed E-state index contributed by atoms with van der Waals surface area (Å²) in [5.41, 5.74) is 0.671. The van der Waals surface area contributed by atoms with E-state index in [9.17, 15) is 22.4 Å². The number of hydrogen-bond donors (Lipinski definition) is 0. The molecule has 0 unspecified atom stereocenters. The molecule has 0 amide bonds. The van der Waals surface area contributed by atoms with E-state index in [4.69, 9.17) is 4.74 Å². The molecule has 0 N–H and O–H groups in total. The molecule has 0 radical (unpaired) electrons. The monoisotopic (exact) mass is 420 g/mol.